The van der Waals surface area contributed by atoms with Gasteiger partial charge < -0.3 is 25.2 Å². The SMILES string of the molecule is O=C(O)C(F)(F)F.O=C(O)C(F)(F)F.c1ccc2c(c1)C(NCC1CCOC1)CC21CCN(CC2CC2)CC1. The predicted octanol–water partition coefficient (Wildman–Crippen LogP) is 4.77. The Hall–Kier alpha value is -2.38. The van der Waals surface area contributed by atoms with Crippen LogP contribution in [-0.2, 0) is 19.7 Å². The van der Waals surface area contributed by atoms with Crippen LogP contribution in [0.2, 0.25) is 0 Å². The van der Waals surface area contributed by atoms with Crippen LogP contribution in [0, 0.1) is 11.8 Å². The van der Waals surface area contributed by atoms with E-state index < -0.39 is 24.3 Å². The van der Waals surface area contributed by atoms with Crippen LogP contribution in [0.1, 0.15) is 55.7 Å². The number of likely N-dealkylation sites (tertiary alicyclic amines) is 1. The summed E-state index contributed by atoms with van der Waals surface area (Å²) in [6, 6.07) is 9.83. The Morgan fingerprint density at radius 3 is 2.00 bits per heavy atom. The summed E-state index contributed by atoms with van der Waals surface area (Å²) in [7, 11) is 0. The number of carboxylic acid groups (broad SMARTS) is 2. The van der Waals surface area contributed by atoms with E-state index in [1.54, 1.807) is 11.1 Å². The van der Waals surface area contributed by atoms with Crippen molar-refractivity contribution in [2.75, 3.05) is 39.4 Å². The number of halogens is 6. The summed E-state index contributed by atoms with van der Waals surface area (Å²) in [6.45, 7) is 6.98. The zero-order chi connectivity index (χ0) is 28.8. The maximum Gasteiger partial charge on any atom is 0.490 e. The van der Waals surface area contributed by atoms with Crippen molar-refractivity contribution in [2.24, 2.45) is 11.8 Å². The Balaban J connectivity index is 0.000000251. The third-order valence-electron chi connectivity index (χ3n) is 7.69. The number of ether oxygens (including phenoxy) is 1. The molecule has 1 aromatic rings. The van der Waals surface area contributed by atoms with Gasteiger partial charge in [0.25, 0.3) is 0 Å². The van der Waals surface area contributed by atoms with Gasteiger partial charge in [0.15, 0.2) is 0 Å². The van der Waals surface area contributed by atoms with Gasteiger partial charge >= 0.3 is 24.3 Å². The van der Waals surface area contributed by atoms with Crippen molar-refractivity contribution in [3.05, 3.63) is 35.4 Å². The standard InChI is InChI=1S/C22H32N2O.2C2HF3O2/c1-2-4-20-19(3-1)21(23-14-18-7-12-25-16-18)13-22(20)8-10-24(11-9-22)15-17-5-6-17;2*3-2(4,5)1(6)7/h1-4,17-18,21,23H,5-16H2;2*(H,6,7). The summed E-state index contributed by atoms with van der Waals surface area (Å²) < 4.78 is 69.0. The second kappa shape index (κ2) is 12.9. The molecule has 2 unspecified atom stereocenters. The fraction of sp³-hybridized carbons (Fsp3) is 0.692. The quantitative estimate of drug-likeness (QED) is 0.441. The van der Waals surface area contributed by atoms with Crippen molar-refractivity contribution in [3.8, 4) is 0 Å². The number of hydrogen-bond donors (Lipinski definition) is 3. The first-order chi connectivity index (χ1) is 18.2. The van der Waals surface area contributed by atoms with Crippen molar-refractivity contribution in [3.63, 3.8) is 0 Å². The van der Waals surface area contributed by atoms with Crippen LogP contribution < -0.4 is 5.32 Å². The highest BCUT2D eigenvalue weighted by molar-refractivity contribution is 5.73. The van der Waals surface area contributed by atoms with Crippen molar-refractivity contribution < 1.29 is 50.9 Å². The Bertz CT molecular complexity index is 944. The van der Waals surface area contributed by atoms with Crippen LogP contribution in [0.3, 0.4) is 0 Å². The molecule has 0 amide bonds. The van der Waals surface area contributed by atoms with Crippen molar-refractivity contribution in [1.82, 2.24) is 10.2 Å². The van der Waals surface area contributed by atoms with Crippen LogP contribution in [0.5, 0.6) is 0 Å². The van der Waals surface area contributed by atoms with Gasteiger partial charge in [-0.15, -0.1) is 0 Å². The fourth-order valence-corrected chi connectivity index (χ4v) is 5.43. The monoisotopic (exact) mass is 568 g/mol. The van der Waals surface area contributed by atoms with E-state index in [0.29, 0.717) is 17.4 Å². The number of benzene rings is 1. The van der Waals surface area contributed by atoms with Gasteiger partial charge in [-0.05, 0) is 80.0 Å². The molecule has 2 atom stereocenters. The minimum absolute atomic E-state index is 0.431. The van der Waals surface area contributed by atoms with Crippen LogP contribution >= 0.6 is 0 Å². The number of hydrogen-bond acceptors (Lipinski definition) is 5. The first-order valence-electron chi connectivity index (χ1n) is 12.9. The summed E-state index contributed by atoms with van der Waals surface area (Å²) >= 11 is 0. The summed E-state index contributed by atoms with van der Waals surface area (Å²) in [6.07, 6.45) is -1.99. The van der Waals surface area contributed by atoms with E-state index in [1.165, 1.54) is 58.2 Å². The van der Waals surface area contributed by atoms with E-state index in [-0.39, 0.29) is 0 Å². The van der Waals surface area contributed by atoms with Gasteiger partial charge in [-0.1, -0.05) is 24.3 Å². The molecular formula is C26H34F6N2O5. The van der Waals surface area contributed by atoms with E-state index in [1.807, 2.05) is 0 Å². The molecule has 2 aliphatic heterocycles. The lowest BCUT2D eigenvalue weighted by Crippen LogP contribution is -2.42. The first kappa shape index (κ1) is 31.2. The third kappa shape index (κ3) is 9.07. The molecular weight excluding hydrogens is 534 g/mol. The van der Waals surface area contributed by atoms with E-state index in [2.05, 4.69) is 34.5 Å². The second-order valence-electron chi connectivity index (χ2n) is 10.6. The molecule has 0 aromatic heterocycles. The number of rotatable bonds is 5. The molecule has 0 radical (unpaired) electrons. The molecule has 220 valence electrons. The average molecular weight is 569 g/mol. The molecule has 3 N–H and O–H groups in total. The van der Waals surface area contributed by atoms with Crippen LogP contribution in [-0.4, -0.2) is 78.8 Å². The van der Waals surface area contributed by atoms with Crippen LogP contribution in [0.4, 0.5) is 26.3 Å². The second-order valence-corrected chi connectivity index (χ2v) is 10.6. The normalized spacial score (nSPS) is 24.3. The number of piperidine rings is 1. The van der Waals surface area contributed by atoms with Gasteiger partial charge in [0.05, 0.1) is 6.61 Å². The van der Waals surface area contributed by atoms with Crippen molar-refractivity contribution in [2.45, 2.75) is 62.3 Å². The Kier molecular flexibility index (Phi) is 10.3. The van der Waals surface area contributed by atoms with Crippen molar-refractivity contribution in [1.29, 1.82) is 0 Å². The zero-order valence-corrected chi connectivity index (χ0v) is 21.4. The van der Waals surface area contributed by atoms with Crippen LogP contribution in [0.15, 0.2) is 24.3 Å². The molecule has 1 spiro atoms. The molecule has 2 heterocycles. The number of carboxylic acids is 2. The molecule has 2 saturated heterocycles. The fourth-order valence-electron chi connectivity index (χ4n) is 5.43. The Morgan fingerprint density at radius 2 is 1.51 bits per heavy atom. The number of alkyl halides is 6. The zero-order valence-electron chi connectivity index (χ0n) is 21.4. The highest BCUT2D eigenvalue weighted by Gasteiger charge is 2.45. The summed E-state index contributed by atoms with van der Waals surface area (Å²) in [5, 5.41) is 18.2. The average Bonchev–Trinajstić information content (AvgIpc) is 3.42. The minimum Gasteiger partial charge on any atom is -0.475 e. The Labute approximate surface area is 222 Å². The molecule has 39 heavy (non-hydrogen) atoms. The summed E-state index contributed by atoms with van der Waals surface area (Å²) in [4.78, 5) is 20.5. The maximum absolute atomic E-state index is 10.6. The number of nitrogens with one attached hydrogen (secondary N) is 1. The van der Waals surface area contributed by atoms with Crippen molar-refractivity contribution >= 4 is 11.9 Å². The van der Waals surface area contributed by atoms with Gasteiger partial charge in [0.2, 0.25) is 0 Å². The van der Waals surface area contributed by atoms with E-state index in [9.17, 15) is 26.3 Å². The highest BCUT2D eigenvalue weighted by atomic mass is 19.4. The smallest absolute Gasteiger partial charge is 0.475 e. The van der Waals surface area contributed by atoms with Crippen LogP contribution in [0.25, 0.3) is 0 Å². The topological polar surface area (TPSA) is 99.1 Å². The molecule has 4 aliphatic rings. The predicted molar refractivity (Wildman–Crippen MR) is 128 cm³/mol. The number of aliphatic carboxylic acids is 2. The molecule has 1 saturated carbocycles. The molecule has 1 aromatic carbocycles. The minimum atomic E-state index is -5.08. The molecule has 13 heteroatoms. The third-order valence-corrected chi connectivity index (χ3v) is 7.69. The number of carbonyl (C=O) groups is 2. The van der Waals surface area contributed by atoms with Gasteiger partial charge in [-0.2, -0.15) is 26.3 Å². The van der Waals surface area contributed by atoms with Gasteiger partial charge in [0, 0.05) is 25.7 Å². The first-order valence-corrected chi connectivity index (χ1v) is 12.9. The molecule has 0 bridgehead atoms. The van der Waals surface area contributed by atoms with Gasteiger partial charge in [-0.3, -0.25) is 0 Å². The van der Waals surface area contributed by atoms with E-state index in [0.717, 1.165) is 25.7 Å². The summed E-state index contributed by atoms with van der Waals surface area (Å²) in [5.74, 6) is -3.78. The molecule has 2 aliphatic carbocycles. The lowest BCUT2D eigenvalue weighted by atomic mass is 9.73. The number of nitrogens with zero attached hydrogens (tertiary/aromatic N) is 1. The molecule has 5 rings (SSSR count). The van der Waals surface area contributed by atoms with E-state index >= 15 is 0 Å². The highest BCUT2D eigenvalue weighted by Crippen LogP contribution is 2.51. The maximum atomic E-state index is 10.6. The molecule has 7 nitrogen and oxygen atoms in total. The largest absolute Gasteiger partial charge is 0.490 e. The lowest BCUT2D eigenvalue weighted by molar-refractivity contribution is -0.193. The number of fused-ring (bicyclic) bond motifs is 2. The van der Waals surface area contributed by atoms with Gasteiger partial charge in [-0.25, -0.2) is 9.59 Å². The van der Waals surface area contributed by atoms with Gasteiger partial charge in [0.1, 0.15) is 0 Å². The van der Waals surface area contributed by atoms with E-state index in [4.69, 9.17) is 24.5 Å². The Morgan fingerprint density at radius 1 is 0.949 bits per heavy atom. The molecule has 3 fully saturated rings. The lowest BCUT2D eigenvalue weighted by Gasteiger charge is -2.40. The summed E-state index contributed by atoms with van der Waals surface area (Å²) in [5.41, 5.74) is 3.67.